The molecule has 1 aromatic rings. The molecule has 0 aliphatic heterocycles. The summed E-state index contributed by atoms with van der Waals surface area (Å²) in [5.41, 5.74) is 1.24. The molecule has 0 aliphatic rings. The van der Waals surface area contributed by atoms with Gasteiger partial charge in [-0.2, -0.15) is 8.42 Å². The van der Waals surface area contributed by atoms with Crippen LogP contribution in [0.5, 0.6) is 0 Å². The minimum Gasteiger partial charge on any atom is -0.282 e. The zero-order chi connectivity index (χ0) is 10.8. The highest BCUT2D eigenvalue weighted by Crippen LogP contribution is 2.17. The minimum absolute atomic E-state index is 0.108. The van der Waals surface area contributed by atoms with E-state index in [1.54, 1.807) is 19.1 Å². The van der Waals surface area contributed by atoms with Gasteiger partial charge in [-0.05, 0) is 18.6 Å². The number of rotatable bonds is 3. The third kappa shape index (κ3) is 2.54. The molecule has 1 aromatic carbocycles. The highest BCUT2D eigenvalue weighted by atomic mass is 32.2. The Labute approximate surface area is 82.9 Å². The van der Waals surface area contributed by atoms with Crippen molar-refractivity contribution in [3.8, 4) is 0 Å². The molecule has 1 rings (SSSR count). The first-order chi connectivity index (χ1) is 6.45. The smallest absolute Gasteiger partial charge is 0.282 e. The molecule has 0 atom stereocenters. The number of hydrogen-bond donors (Lipinski definition) is 1. The van der Waals surface area contributed by atoms with E-state index in [9.17, 15) is 13.5 Å². The van der Waals surface area contributed by atoms with Crippen molar-refractivity contribution in [2.75, 3.05) is 6.61 Å². The van der Waals surface area contributed by atoms with Crippen LogP contribution in [-0.4, -0.2) is 19.6 Å². The molecular weight excluding hydrogens is 204 g/mol. The molecular formula is C9H11O4S. The second kappa shape index (κ2) is 4.08. The van der Waals surface area contributed by atoms with Gasteiger partial charge in [0.15, 0.2) is 0 Å². The fourth-order valence-electron chi connectivity index (χ4n) is 1.27. The highest BCUT2D eigenvalue weighted by Gasteiger charge is 2.14. The van der Waals surface area contributed by atoms with Crippen LogP contribution in [0.4, 0.5) is 0 Å². The van der Waals surface area contributed by atoms with E-state index in [4.69, 9.17) is 4.55 Å². The molecule has 0 spiro atoms. The maximum absolute atomic E-state index is 10.9. The van der Waals surface area contributed by atoms with Crippen LogP contribution in [0.25, 0.3) is 0 Å². The molecule has 0 fully saturated rings. The summed E-state index contributed by atoms with van der Waals surface area (Å²) in [6.07, 6.45) is 0.108. The fourth-order valence-corrected chi connectivity index (χ4v) is 2.00. The number of benzene rings is 1. The second-order valence-corrected chi connectivity index (χ2v) is 4.43. The number of aryl methyl sites for hydroxylation is 1. The summed E-state index contributed by atoms with van der Waals surface area (Å²) < 4.78 is 30.6. The lowest BCUT2D eigenvalue weighted by Gasteiger charge is -2.05. The van der Waals surface area contributed by atoms with Crippen LogP contribution in [0, 0.1) is 6.92 Å². The Kier molecular flexibility index (Phi) is 3.25. The lowest BCUT2D eigenvalue weighted by molar-refractivity contribution is 0.196. The van der Waals surface area contributed by atoms with Crippen molar-refractivity contribution in [3.05, 3.63) is 29.3 Å². The molecule has 14 heavy (non-hydrogen) atoms. The van der Waals surface area contributed by atoms with E-state index >= 15 is 0 Å². The zero-order valence-electron chi connectivity index (χ0n) is 7.73. The molecule has 1 radical (unpaired) electrons. The van der Waals surface area contributed by atoms with Gasteiger partial charge in [-0.25, -0.2) is 5.11 Å². The van der Waals surface area contributed by atoms with Crippen LogP contribution < -0.4 is 0 Å². The third-order valence-corrected chi connectivity index (χ3v) is 2.82. The van der Waals surface area contributed by atoms with Crippen LogP contribution in [0.1, 0.15) is 11.1 Å². The Morgan fingerprint density at radius 3 is 2.50 bits per heavy atom. The average molecular weight is 215 g/mol. The van der Waals surface area contributed by atoms with Crippen LogP contribution in [0.3, 0.4) is 0 Å². The van der Waals surface area contributed by atoms with E-state index in [0.717, 1.165) is 5.56 Å². The molecule has 0 amide bonds. The number of hydrogen-bond acceptors (Lipinski definition) is 2. The summed E-state index contributed by atoms with van der Waals surface area (Å²) in [6, 6.07) is 4.49. The van der Waals surface area contributed by atoms with Gasteiger partial charge < -0.3 is 0 Å². The van der Waals surface area contributed by atoms with E-state index in [2.05, 4.69) is 0 Å². The molecule has 4 nitrogen and oxygen atoms in total. The molecule has 0 saturated carbocycles. The maximum atomic E-state index is 10.9. The summed E-state index contributed by atoms with van der Waals surface area (Å²) in [6.45, 7) is 1.40. The van der Waals surface area contributed by atoms with Crippen molar-refractivity contribution in [2.24, 2.45) is 0 Å². The minimum atomic E-state index is -4.21. The highest BCUT2D eigenvalue weighted by molar-refractivity contribution is 7.85. The first kappa shape index (κ1) is 11.2. The summed E-state index contributed by atoms with van der Waals surface area (Å²) in [7, 11) is -4.21. The Hall–Kier alpha value is -0.910. The molecule has 77 valence electrons. The first-order valence-corrected chi connectivity index (χ1v) is 5.54. The first-order valence-electron chi connectivity index (χ1n) is 4.10. The predicted octanol–water partition coefficient (Wildman–Crippen LogP) is 1.21. The van der Waals surface area contributed by atoms with Crippen LogP contribution in [0.15, 0.2) is 23.1 Å². The van der Waals surface area contributed by atoms with E-state index < -0.39 is 16.7 Å². The SMILES string of the molecule is Cc1ccc(S(=O)(=O)O)c(CC[O])c1. The molecule has 0 heterocycles. The zero-order valence-corrected chi connectivity index (χ0v) is 8.54. The summed E-state index contributed by atoms with van der Waals surface area (Å²) in [5, 5.41) is 10.4. The van der Waals surface area contributed by atoms with Gasteiger partial charge in [-0.3, -0.25) is 4.55 Å². The van der Waals surface area contributed by atoms with Crippen molar-refractivity contribution in [2.45, 2.75) is 18.2 Å². The Balaban J connectivity index is 3.29. The third-order valence-electron chi connectivity index (χ3n) is 1.87. The second-order valence-electron chi connectivity index (χ2n) is 3.04. The quantitative estimate of drug-likeness (QED) is 0.770. The lowest BCUT2D eigenvalue weighted by atomic mass is 10.1. The maximum Gasteiger partial charge on any atom is 0.294 e. The van der Waals surface area contributed by atoms with Crippen molar-refractivity contribution in [1.29, 1.82) is 0 Å². The van der Waals surface area contributed by atoms with Gasteiger partial charge in [0, 0.05) is 6.42 Å². The van der Waals surface area contributed by atoms with Gasteiger partial charge in [0.25, 0.3) is 10.1 Å². The van der Waals surface area contributed by atoms with Crippen molar-refractivity contribution in [3.63, 3.8) is 0 Å². The summed E-state index contributed by atoms with van der Waals surface area (Å²) in [4.78, 5) is -0.168. The monoisotopic (exact) mass is 215 g/mol. The summed E-state index contributed by atoms with van der Waals surface area (Å²) >= 11 is 0. The predicted molar refractivity (Wildman–Crippen MR) is 50.3 cm³/mol. The van der Waals surface area contributed by atoms with Crippen molar-refractivity contribution in [1.82, 2.24) is 0 Å². The van der Waals surface area contributed by atoms with Crippen molar-refractivity contribution < 1.29 is 18.1 Å². The van der Waals surface area contributed by atoms with Gasteiger partial charge >= 0.3 is 0 Å². The van der Waals surface area contributed by atoms with Gasteiger partial charge in [0.1, 0.15) is 0 Å². The lowest BCUT2D eigenvalue weighted by Crippen LogP contribution is -2.04. The van der Waals surface area contributed by atoms with E-state index in [1.807, 2.05) is 0 Å². The fraction of sp³-hybridized carbons (Fsp3) is 0.333. The average Bonchev–Trinajstić information content (AvgIpc) is 2.02. The summed E-state index contributed by atoms with van der Waals surface area (Å²) in [5.74, 6) is 0. The van der Waals surface area contributed by atoms with Gasteiger partial charge in [-0.1, -0.05) is 17.7 Å². The van der Waals surface area contributed by atoms with E-state index in [0.29, 0.717) is 5.56 Å². The van der Waals surface area contributed by atoms with Gasteiger partial charge in [0.2, 0.25) is 0 Å². The van der Waals surface area contributed by atoms with Crippen LogP contribution >= 0.6 is 0 Å². The standard InChI is InChI=1S/C9H11O4S/c1-7-2-3-9(14(11,12)13)8(6-7)4-5-10/h2-3,6H,4-5H2,1H3,(H,11,12,13). The Morgan fingerprint density at radius 2 is 2.00 bits per heavy atom. The topological polar surface area (TPSA) is 74.3 Å². The molecule has 1 N–H and O–H groups in total. The molecule has 0 saturated heterocycles. The molecule has 0 bridgehead atoms. The Bertz CT molecular complexity index is 422. The van der Waals surface area contributed by atoms with Crippen molar-refractivity contribution >= 4 is 10.1 Å². The van der Waals surface area contributed by atoms with E-state index in [1.165, 1.54) is 6.07 Å². The Morgan fingerprint density at radius 1 is 1.36 bits per heavy atom. The van der Waals surface area contributed by atoms with Crippen LogP contribution in [0.2, 0.25) is 0 Å². The van der Waals surface area contributed by atoms with E-state index in [-0.39, 0.29) is 11.3 Å². The normalized spacial score (nSPS) is 11.6. The molecule has 0 aliphatic carbocycles. The molecule has 0 unspecified atom stereocenters. The van der Waals surface area contributed by atoms with Gasteiger partial charge in [0.05, 0.1) is 11.5 Å². The largest absolute Gasteiger partial charge is 0.294 e. The van der Waals surface area contributed by atoms with Crippen LogP contribution in [-0.2, 0) is 21.6 Å². The van der Waals surface area contributed by atoms with Gasteiger partial charge in [-0.15, -0.1) is 0 Å². The molecule has 0 aromatic heterocycles. The molecule has 5 heteroatoms.